The molecule has 2 heterocycles. The molecule has 6 rings (SSSR count). The van der Waals surface area contributed by atoms with Crippen molar-refractivity contribution in [2.24, 2.45) is 4.99 Å². The first-order valence-electron chi connectivity index (χ1n) is 16.3. The van der Waals surface area contributed by atoms with E-state index < -0.39 is 79.5 Å². The van der Waals surface area contributed by atoms with Gasteiger partial charge in [0.05, 0.1) is 45.3 Å². The molecule has 0 aliphatic carbocycles. The normalized spacial score (nSPS) is 12.1. The van der Waals surface area contributed by atoms with Gasteiger partial charge >= 0.3 is 24.7 Å². The van der Waals surface area contributed by atoms with Gasteiger partial charge in [0.25, 0.3) is 5.69 Å². The highest BCUT2D eigenvalue weighted by molar-refractivity contribution is 14.0. The Morgan fingerprint density at radius 1 is 0.683 bits per heavy atom. The Morgan fingerprint density at radius 2 is 1.19 bits per heavy atom. The van der Waals surface area contributed by atoms with Crippen LogP contribution < -0.4 is 11.5 Å². The number of rotatable bonds is 2. The molecule has 0 fully saturated rings. The van der Waals surface area contributed by atoms with E-state index in [1.807, 2.05) is 13.1 Å². The topological polar surface area (TPSA) is 125 Å². The van der Waals surface area contributed by atoms with Gasteiger partial charge in [0.2, 0.25) is 0 Å². The van der Waals surface area contributed by atoms with Gasteiger partial charge in [-0.2, -0.15) is 52.7 Å². The van der Waals surface area contributed by atoms with Crippen LogP contribution in [0.25, 0.3) is 5.69 Å². The van der Waals surface area contributed by atoms with Crippen molar-refractivity contribution in [2.45, 2.75) is 45.0 Å². The summed E-state index contributed by atoms with van der Waals surface area (Å²) in [7, 11) is 0. The second-order valence-electron chi connectivity index (χ2n) is 12.1. The fraction of sp³-hybridized carbons (Fsp3) is 0.189. The number of benzene rings is 4. The molecule has 4 aromatic carbocycles. The molecule has 8 nitrogen and oxygen atoms in total. The Bertz CT molecular complexity index is 2380. The predicted molar refractivity (Wildman–Crippen MR) is 221 cm³/mol. The Morgan fingerprint density at radius 3 is 1.59 bits per heavy atom. The third kappa shape index (κ3) is 18.8. The fourth-order valence-corrected chi connectivity index (χ4v) is 5.46. The van der Waals surface area contributed by atoms with Gasteiger partial charge in [0, 0.05) is 46.1 Å². The van der Waals surface area contributed by atoms with Crippen molar-refractivity contribution < 1.29 is 70.8 Å². The van der Waals surface area contributed by atoms with Crippen LogP contribution in [0, 0.1) is 34.5 Å². The van der Waals surface area contributed by atoms with Gasteiger partial charge in [-0.1, -0.05) is 22.0 Å². The Balaban J connectivity index is 0.000000403. The van der Waals surface area contributed by atoms with Crippen LogP contribution in [-0.4, -0.2) is 20.7 Å². The maximum Gasteiger partial charge on any atom is 0.417 e. The van der Waals surface area contributed by atoms with E-state index in [0.29, 0.717) is 30.0 Å². The number of hydrogen-bond donors (Lipinski definition) is 2. The number of imidazole rings is 1. The van der Waals surface area contributed by atoms with Crippen LogP contribution >= 0.6 is 55.8 Å². The van der Waals surface area contributed by atoms with Gasteiger partial charge in [-0.25, -0.2) is 18.2 Å². The van der Waals surface area contributed by atoms with E-state index in [4.69, 9.17) is 11.5 Å². The van der Waals surface area contributed by atoms with Gasteiger partial charge in [0.1, 0.15) is 21.9 Å². The van der Waals surface area contributed by atoms with Crippen molar-refractivity contribution in [1.82, 2.24) is 9.55 Å². The molecule has 5 aromatic rings. The molecular formula is C37H28Br2F15IN6O2. The van der Waals surface area contributed by atoms with Crippen LogP contribution in [0.4, 0.5) is 82.9 Å². The van der Waals surface area contributed by atoms with Crippen LogP contribution in [0.15, 0.2) is 105 Å². The van der Waals surface area contributed by atoms with Crippen LogP contribution in [0.1, 0.15) is 41.3 Å². The lowest BCUT2D eigenvalue weighted by molar-refractivity contribution is -0.386. The Labute approximate surface area is 380 Å². The summed E-state index contributed by atoms with van der Waals surface area (Å²) in [6.45, 7) is 3.76. The van der Waals surface area contributed by atoms with Crippen LogP contribution in [0.3, 0.4) is 0 Å². The smallest absolute Gasteiger partial charge is 0.399 e. The van der Waals surface area contributed by atoms with E-state index in [-0.39, 0.29) is 45.9 Å². The summed E-state index contributed by atoms with van der Waals surface area (Å²) in [6, 6.07) is 8.37. The zero-order chi connectivity index (χ0) is 47.5. The minimum atomic E-state index is -4.84. The van der Waals surface area contributed by atoms with E-state index >= 15 is 0 Å². The highest BCUT2D eigenvalue weighted by atomic mass is 127. The average Bonchev–Trinajstić information content (AvgIpc) is 3.79. The van der Waals surface area contributed by atoms with Crippen molar-refractivity contribution in [3.63, 3.8) is 0 Å². The molecule has 1 aromatic heterocycles. The number of alkyl halides is 12. The van der Waals surface area contributed by atoms with Crippen LogP contribution in [-0.2, 0) is 24.7 Å². The number of aryl methyl sites for hydroxylation is 1. The first kappa shape index (κ1) is 56.2. The molecule has 0 amide bonds. The van der Waals surface area contributed by atoms with Crippen molar-refractivity contribution >= 4 is 79.1 Å². The van der Waals surface area contributed by atoms with Crippen molar-refractivity contribution in [2.75, 3.05) is 11.5 Å². The quantitative estimate of drug-likeness (QED) is 0.0599. The van der Waals surface area contributed by atoms with E-state index in [2.05, 4.69) is 47.9 Å². The summed E-state index contributed by atoms with van der Waals surface area (Å²) < 4.78 is 184. The van der Waals surface area contributed by atoms with Crippen molar-refractivity contribution in [3.8, 4) is 5.69 Å². The van der Waals surface area contributed by atoms with Crippen LogP contribution in [0.2, 0.25) is 0 Å². The number of nitro groups is 1. The number of aliphatic imine (C=N–C) groups is 1. The SMILES string of the molecule is CC1=CCC=N1.Cc1cn(-c2cc(N)cc(C(F)(F)F)c2)cn1.Fc1ccc(Br)c(C(F)(F)F)c1.I.Nc1cc(F)cc(C(F)(F)F)c1.O=[N+]([O-])c1cc(F)cc(C(F)(F)F)c1Br. The second kappa shape index (κ2) is 23.2. The third-order valence-electron chi connectivity index (χ3n) is 7.09. The Hall–Kier alpha value is -4.86. The predicted octanol–water partition coefficient (Wildman–Crippen LogP) is 14.3. The minimum Gasteiger partial charge on any atom is -0.399 e. The molecular weight excluding hydrogens is 1130 g/mol. The van der Waals surface area contributed by atoms with Crippen LogP contribution in [0.5, 0.6) is 0 Å². The first-order chi connectivity index (χ1) is 28.3. The molecule has 0 atom stereocenters. The van der Waals surface area contributed by atoms with Gasteiger partial charge < -0.3 is 16.0 Å². The molecule has 63 heavy (non-hydrogen) atoms. The first-order valence-corrected chi connectivity index (χ1v) is 17.9. The van der Waals surface area contributed by atoms with E-state index in [1.165, 1.54) is 17.0 Å². The van der Waals surface area contributed by atoms with E-state index in [1.54, 1.807) is 13.1 Å². The maximum atomic E-state index is 12.7. The maximum absolute atomic E-state index is 12.7. The number of nitrogen functional groups attached to an aromatic ring is 2. The number of anilines is 2. The average molecular weight is 1160 g/mol. The van der Waals surface area contributed by atoms with Gasteiger partial charge in [-0.15, -0.1) is 24.0 Å². The number of nitrogens with two attached hydrogens (primary N) is 2. The summed E-state index contributed by atoms with van der Waals surface area (Å²) in [6.07, 6.45) is -10.2. The highest BCUT2D eigenvalue weighted by Crippen LogP contribution is 2.40. The zero-order valence-electron chi connectivity index (χ0n) is 31.5. The summed E-state index contributed by atoms with van der Waals surface area (Å²) in [4.78, 5) is 17.1. The molecule has 1 aliphatic rings. The molecule has 0 radical (unpaired) electrons. The highest BCUT2D eigenvalue weighted by Gasteiger charge is 2.37. The summed E-state index contributed by atoms with van der Waals surface area (Å²) in [5.74, 6) is -3.19. The van der Waals surface area contributed by atoms with Gasteiger partial charge in [-0.05, 0) is 90.4 Å². The number of halogens is 18. The van der Waals surface area contributed by atoms with Crippen molar-refractivity contribution in [3.05, 3.63) is 155 Å². The minimum absolute atomic E-state index is 0. The zero-order valence-corrected chi connectivity index (χ0v) is 37.0. The van der Waals surface area contributed by atoms with E-state index in [0.717, 1.165) is 48.1 Å². The van der Waals surface area contributed by atoms with E-state index in [9.17, 15) is 76.0 Å². The number of allylic oxidation sites excluding steroid dienone is 2. The molecule has 1 aliphatic heterocycles. The second-order valence-corrected chi connectivity index (χ2v) is 13.7. The van der Waals surface area contributed by atoms with Crippen molar-refractivity contribution in [1.29, 1.82) is 0 Å². The lowest BCUT2D eigenvalue weighted by atomic mass is 10.1. The largest absolute Gasteiger partial charge is 0.417 e. The molecule has 0 saturated heterocycles. The number of aromatic nitrogens is 2. The monoisotopic (exact) mass is 1160 g/mol. The lowest BCUT2D eigenvalue weighted by Gasteiger charge is -2.10. The fourth-order valence-electron chi connectivity index (χ4n) is 4.39. The third-order valence-corrected chi connectivity index (χ3v) is 8.62. The molecule has 344 valence electrons. The molecule has 26 heteroatoms. The lowest BCUT2D eigenvalue weighted by Crippen LogP contribution is -2.08. The number of nitrogens with zero attached hydrogens (tertiary/aromatic N) is 4. The van der Waals surface area contributed by atoms with Gasteiger partial charge in [0.15, 0.2) is 0 Å². The van der Waals surface area contributed by atoms with Gasteiger partial charge in [-0.3, -0.25) is 15.1 Å². The standard InChI is InChI=1S/C11H10F3N3.C7H2BrF4NO2.C7H3BrF4.C7H5F4N.C5H7N.HI/c1-7-5-17(6-16-7)10-3-8(11(12,13)14)2-9(15)4-10;8-6-4(7(10,11)12)1-3(9)2-5(6)13(14)15;8-6-2-1-4(9)3-5(6)7(10,11)12;8-5-1-4(7(9,10)11)2-6(12)3-5;1-5-3-2-4-6-5;/h2-6H,15H2,1H3;1-2H;1-3H;1-3H,12H2;3-4H,2H2,1H3;1H. The summed E-state index contributed by atoms with van der Waals surface area (Å²) >= 11 is 5.10. The molecule has 0 bridgehead atoms. The summed E-state index contributed by atoms with van der Waals surface area (Å²) in [5.41, 5.74) is 7.34. The molecule has 0 unspecified atom stereocenters. The number of hydrogen-bond acceptors (Lipinski definition) is 6. The Kier molecular flexibility index (Phi) is 20.7. The number of nitro benzene ring substituents is 1. The molecule has 0 saturated carbocycles. The summed E-state index contributed by atoms with van der Waals surface area (Å²) in [5, 5.41) is 10.3. The molecule has 4 N–H and O–H groups in total. The molecule has 0 spiro atoms.